The fraction of sp³-hybridized carbons (Fsp3) is 0.238. The lowest BCUT2D eigenvalue weighted by atomic mass is 10.1. The van der Waals surface area contributed by atoms with Crippen LogP contribution in [0.25, 0.3) is 0 Å². The smallest absolute Gasteiger partial charge is 0.142 e. The zero-order chi connectivity index (χ0) is 16.1. The molecule has 0 aliphatic carbocycles. The molecule has 2 aromatic carbocycles. The topological polar surface area (TPSA) is 9.23 Å². The van der Waals surface area contributed by atoms with Gasteiger partial charge in [0.15, 0.2) is 0 Å². The lowest BCUT2D eigenvalue weighted by Gasteiger charge is -2.28. The van der Waals surface area contributed by atoms with Crippen LogP contribution in [0.2, 0.25) is 0 Å². The third-order valence-electron chi connectivity index (χ3n) is 4.32. The van der Waals surface area contributed by atoms with Gasteiger partial charge in [-0.1, -0.05) is 31.2 Å². The van der Waals surface area contributed by atoms with E-state index in [0.717, 1.165) is 23.2 Å². The quantitative estimate of drug-likeness (QED) is 0.667. The minimum Gasteiger partial charge on any atom is -0.494 e. The number of hydrogen-bond acceptors (Lipinski definition) is 1. The van der Waals surface area contributed by atoms with Crippen LogP contribution in [0.5, 0.6) is 5.75 Å². The maximum Gasteiger partial charge on any atom is 0.142 e. The third kappa shape index (κ3) is 3.38. The molecule has 2 nitrogen and oxygen atoms in total. The van der Waals surface area contributed by atoms with E-state index in [1.54, 1.807) is 0 Å². The molecule has 0 N–H and O–H groups in total. The zero-order valence-electron chi connectivity index (χ0n) is 13.9. The van der Waals surface area contributed by atoms with Gasteiger partial charge in [0.05, 0.1) is 6.61 Å². The Kier molecular flexibility index (Phi) is 4.63. The normalized spacial score (nSPS) is 15.0. The Bertz CT molecular complexity index is 684. The van der Waals surface area contributed by atoms with Gasteiger partial charge in [-0.05, 0) is 43.2 Å². The highest BCUT2D eigenvalue weighted by atomic mass is 16.5. The predicted octanol–water partition coefficient (Wildman–Crippen LogP) is 5.20. The summed E-state index contributed by atoms with van der Waals surface area (Å²) >= 11 is 0. The Hall–Kier alpha value is -2.32. The standard InChI is InChI=1S/C21H24NO/c1-3-18-7-9-19(10-8-18)17-22(15-5-6-16-22)20-11-13-21(14-12-20)23-4-2/h5-16H,3-4,17H2,1-2H3/q+1. The van der Waals surface area contributed by atoms with Crippen molar-refractivity contribution >= 4 is 5.69 Å². The molecule has 1 heterocycles. The van der Waals surface area contributed by atoms with E-state index >= 15 is 0 Å². The predicted molar refractivity (Wildman–Crippen MR) is 97.2 cm³/mol. The Morgan fingerprint density at radius 3 is 1.96 bits per heavy atom. The summed E-state index contributed by atoms with van der Waals surface area (Å²) in [5.41, 5.74) is 3.97. The first kappa shape index (κ1) is 15.6. The lowest BCUT2D eigenvalue weighted by molar-refractivity contribution is 0.340. The summed E-state index contributed by atoms with van der Waals surface area (Å²) in [6.07, 6.45) is 9.81. The summed E-state index contributed by atoms with van der Waals surface area (Å²) in [7, 11) is 0. The van der Waals surface area contributed by atoms with Crippen molar-refractivity contribution in [3.8, 4) is 5.75 Å². The molecule has 3 rings (SSSR count). The molecule has 2 heteroatoms. The maximum absolute atomic E-state index is 5.56. The van der Waals surface area contributed by atoms with Crippen LogP contribution in [0.1, 0.15) is 25.0 Å². The molecule has 0 atom stereocenters. The second kappa shape index (κ2) is 6.84. The molecule has 0 radical (unpaired) electrons. The molecule has 0 amide bonds. The molecule has 0 aromatic heterocycles. The molecular formula is C21H24NO+. The fourth-order valence-corrected chi connectivity index (χ4v) is 2.99. The summed E-state index contributed by atoms with van der Waals surface area (Å²) in [5.74, 6) is 0.925. The van der Waals surface area contributed by atoms with E-state index in [1.807, 2.05) is 6.92 Å². The average molecular weight is 306 g/mol. The van der Waals surface area contributed by atoms with E-state index in [9.17, 15) is 0 Å². The molecule has 1 aliphatic heterocycles. The first-order chi connectivity index (χ1) is 11.3. The summed E-state index contributed by atoms with van der Waals surface area (Å²) < 4.78 is 6.28. The van der Waals surface area contributed by atoms with E-state index in [1.165, 1.54) is 16.8 Å². The van der Waals surface area contributed by atoms with Crippen LogP contribution in [-0.4, -0.2) is 6.61 Å². The lowest BCUT2D eigenvalue weighted by Crippen LogP contribution is -2.35. The van der Waals surface area contributed by atoms with E-state index in [0.29, 0.717) is 6.61 Å². The van der Waals surface area contributed by atoms with Crippen LogP contribution in [-0.2, 0) is 13.0 Å². The van der Waals surface area contributed by atoms with Crippen molar-refractivity contribution in [2.24, 2.45) is 0 Å². The average Bonchev–Trinajstić information content (AvgIpc) is 3.06. The molecule has 0 spiro atoms. The van der Waals surface area contributed by atoms with E-state index in [2.05, 4.69) is 80.0 Å². The van der Waals surface area contributed by atoms with Gasteiger partial charge in [-0.3, -0.25) is 0 Å². The fourth-order valence-electron chi connectivity index (χ4n) is 2.99. The van der Waals surface area contributed by atoms with E-state index in [4.69, 9.17) is 4.74 Å². The van der Waals surface area contributed by atoms with Gasteiger partial charge in [0, 0.05) is 17.7 Å². The summed E-state index contributed by atoms with van der Waals surface area (Å²) in [6, 6.07) is 17.4. The largest absolute Gasteiger partial charge is 0.494 e. The number of rotatable bonds is 6. The minimum absolute atomic E-state index is 0.697. The van der Waals surface area contributed by atoms with Gasteiger partial charge in [-0.25, -0.2) is 4.48 Å². The number of benzene rings is 2. The first-order valence-electron chi connectivity index (χ1n) is 8.31. The van der Waals surface area contributed by atoms with E-state index < -0.39 is 0 Å². The maximum atomic E-state index is 5.56. The van der Waals surface area contributed by atoms with Crippen LogP contribution in [0.3, 0.4) is 0 Å². The minimum atomic E-state index is 0.697. The van der Waals surface area contributed by atoms with Crippen molar-refractivity contribution in [3.63, 3.8) is 0 Å². The number of aryl methyl sites for hydroxylation is 1. The van der Waals surface area contributed by atoms with Gasteiger partial charge >= 0.3 is 0 Å². The number of quaternary nitrogens is 1. The van der Waals surface area contributed by atoms with Crippen molar-refractivity contribution in [3.05, 3.63) is 84.2 Å². The second-order valence-electron chi connectivity index (χ2n) is 5.87. The van der Waals surface area contributed by atoms with Crippen molar-refractivity contribution in [2.45, 2.75) is 26.8 Å². The van der Waals surface area contributed by atoms with Gasteiger partial charge in [0.25, 0.3) is 0 Å². The summed E-state index contributed by atoms with van der Waals surface area (Å²) in [4.78, 5) is 0. The molecule has 0 fully saturated rings. The van der Waals surface area contributed by atoms with Crippen molar-refractivity contribution in [1.82, 2.24) is 4.48 Å². The number of nitrogens with zero attached hydrogens (tertiary/aromatic N) is 1. The van der Waals surface area contributed by atoms with Crippen LogP contribution >= 0.6 is 0 Å². The molecule has 0 saturated heterocycles. The number of allylic oxidation sites excluding steroid dienone is 2. The van der Waals surface area contributed by atoms with Gasteiger partial charge in [0.2, 0.25) is 0 Å². The van der Waals surface area contributed by atoms with Crippen LogP contribution in [0.4, 0.5) is 5.69 Å². The highest BCUT2D eigenvalue weighted by Crippen LogP contribution is 2.32. The zero-order valence-corrected chi connectivity index (χ0v) is 13.9. The molecule has 23 heavy (non-hydrogen) atoms. The second-order valence-corrected chi connectivity index (χ2v) is 5.87. The Balaban J connectivity index is 1.87. The monoisotopic (exact) mass is 306 g/mol. The number of hydrogen-bond donors (Lipinski definition) is 0. The first-order valence-corrected chi connectivity index (χ1v) is 8.31. The Morgan fingerprint density at radius 2 is 1.39 bits per heavy atom. The van der Waals surface area contributed by atoms with Gasteiger partial charge in [-0.15, -0.1) is 0 Å². The number of ether oxygens (including phenoxy) is 1. The van der Waals surface area contributed by atoms with Crippen molar-refractivity contribution < 1.29 is 4.74 Å². The highest BCUT2D eigenvalue weighted by molar-refractivity contribution is 5.53. The van der Waals surface area contributed by atoms with Crippen LogP contribution < -0.4 is 9.22 Å². The highest BCUT2D eigenvalue weighted by Gasteiger charge is 2.28. The Morgan fingerprint density at radius 1 is 0.783 bits per heavy atom. The van der Waals surface area contributed by atoms with Crippen molar-refractivity contribution in [1.29, 1.82) is 0 Å². The molecule has 1 aliphatic rings. The van der Waals surface area contributed by atoms with Gasteiger partial charge in [0.1, 0.15) is 30.4 Å². The summed E-state index contributed by atoms with van der Waals surface area (Å²) in [5, 5.41) is 0. The SMILES string of the molecule is CCOc1ccc([N+]2(Cc3ccc(CC)cc3)C=CC=C2)cc1. The van der Waals surface area contributed by atoms with Gasteiger partial charge < -0.3 is 4.74 Å². The molecule has 0 saturated carbocycles. The molecule has 0 unspecified atom stereocenters. The van der Waals surface area contributed by atoms with Gasteiger partial charge in [-0.2, -0.15) is 0 Å². The Labute approximate surface area is 138 Å². The molecular weight excluding hydrogens is 282 g/mol. The molecule has 118 valence electrons. The van der Waals surface area contributed by atoms with Crippen LogP contribution in [0, 0.1) is 0 Å². The molecule has 2 aromatic rings. The molecule has 0 bridgehead atoms. The van der Waals surface area contributed by atoms with E-state index in [-0.39, 0.29) is 0 Å². The summed E-state index contributed by atoms with van der Waals surface area (Å²) in [6.45, 7) is 5.82. The van der Waals surface area contributed by atoms with Crippen molar-refractivity contribution in [2.75, 3.05) is 6.61 Å². The third-order valence-corrected chi connectivity index (χ3v) is 4.32. The van der Waals surface area contributed by atoms with Crippen LogP contribution in [0.15, 0.2) is 73.1 Å².